The van der Waals surface area contributed by atoms with E-state index in [1.54, 1.807) is 6.07 Å². The highest BCUT2D eigenvalue weighted by molar-refractivity contribution is 5.85. The van der Waals surface area contributed by atoms with Gasteiger partial charge in [-0.05, 0) is 52.2 Å². The number of nitrogens with zero attached hydrogens (tertiary/aromatic N) is 2. The normalized spacial score (nSPS) is 17.6. The number of anilines is 1. The van der Waals surface area contributed by atoms with Gasteiger partial charge >= 0.3 is 0 Å². The summed E-state index contributed by atoms with van der Waals surface area (Å²) in [6.07, 6.45) is 0.940. The number of rotatable bonds is 6. The zero-order valence-electron chi connectivity index (χ0n) is 17.1. The van der Waals surface area contributed by atoms with Crippen molar-refractivity contribution in [2.45, 2.75) is 39.7 Å². The fourth-order valence-electron chi connectivity index (χ4n) is 3.11. The van der Waals surface area contributed by atoms with Gasteiger partial charge in [0, 0.05) is 43.5 Å². The van der Waals surface area contributed by atoms with Crippen molar-refractivity contribution in [2.75, 3.05) is 37.6 Å². The maximum absolute atomic E-state index is 13.5. The number of nitrogens with one attached hydrogen (secondary N) is 3. The predicted molar refractivity (Wildman–Crippen MR) is 109 cm³/mol. The Morgan fingerprint density at radius 3 is 2.64 bits per heavy atom. The van der Waals surface area contributed by atoms with Crippen LogP contribution in [0.4, 0.5) is 14.5 Å². The molecule has 0 saturated carbocycles. The van der Waals surface area contributed by atoms with Gasteiger partial charge in [0.1, 0.15) is 6.54 Å². The topological polar surface area (TPSA) is 68.8 Å². The van der Waals surface area contributed by atoms with E-state index in [-0.39, 0.29) is 18.0 Å². The highest BCUT2D eigenvalue weighted by Gasteiger charge is 2.23. The van der Waals surface area contributed by atoms with E-state index in [1.807, 2.05) is 27.7 Å². The SMILES string of the molecule is CCNC(=NCC(=O)NC(C)(C)C)NCC1CCN(c2ccc(F)c(F)c2)C1. The van der Waals surface area contributed by atoms with Crippen molar-refractivity contribution in [2.24, 2.45) is 10.9 Å². The van der Waals surface area contributed by atoms with Crippen LogP contribution in [0.2, 0.25) is 0 Å². The second-order valence-corrected chi connectivity index (χ2v) is 8.07. The lowest BCUT2D eigenvalue weighted by atomic mass is 10.1. The zero-order valence-corrected chi connectivity index (χ0v) is 17.1. The molecule has 1 atom stereocenters. The Balaban J connectivity index is 1.85. The lowest BCUT2D eigenvalue weighted by Crippen LogP contribution is -2.44. The van der Waals surface area contributed by atoms with E-state index in [0.717, 1.165) is 25.6 Å². The molecule has 1 amide bonds. The molecule has 1 aromatic carbocycles. The minimum Gasteiger partial charge on any atom is -0.371 e. The summed E-state index contributed by atoms with van der Waals surface area (Å²) in [5.41, 5.74) is 0.409. The first kappa shape index (κ1) is 21.9. The molecular weight excluding hydrogens is 364 g/mol. The number of carbonyl (C=O) groups excluding carboxylic acids is 1. The third kappa shape index (κ3) is 6.98. The van der Waals surface area contributed by atoms with Crippen molar-refractivity contribution in [3.05, 3.63) is 29.8 Å². The Kier molecular flexibility index (Phi) is 7.60. The molecule has 6 nitrogen and oxygen atoms in total. The molecule has 3 N–H and O–H groups in total. The van der Waals surface area contributed by atoms with Crippen LogP contribution in [0, 0.1) is 17.6 Å². The van der Waals surface area contributed by atoms with Crippen molar-refractivity contribution in [1.82, 2.24) is 16.0 Å². The summed E-state index contributed by atoms with van der Waals surface area (Å²) in [6.45, 7) is 10.7. The molecule has 1 aromatic rings. The first-order valence-corrected chi connectivity index (χ1v) is 9.71. The molecule has 0 radical (unpaired) electrons. The molecule has 1 unspecified atom stereocenters. The van der Waals surface area contributed by atoms with Gasteiger partial charge in [0.2, 0.25) is 5.91 Å². The number of hydrogen-bond donors (Lipinski definition) is 3. The number of aliphatic imine (C=N–C) groups is 1. The zero-order chi connectivity index (χ0) is 20.7. The van der Waals surface area contributed by atoms with Crippen LogP contribution < -0.4 is 20.9 Å². The molecule has 1 aliphatic rings. The molecule has 156 valence electrons. The molecule has 28 heavy (non-hydrogen) atoms. The van der Waals surface area contributed by atoms with E-state index in [0.29, 0.717) is 30.7 Å². The summed E-state index contributed by atoms with van der Waals surface area (Å²) in [7, 11) is 0. The molecule has 2 rings (SSSR count). The predicted octanol–water partition coefficient (Wildman–Crippen LogP) is 2.26. The van der Waals surface area contributed by atoms with Gasteiger partial charge in [-0.2, -0.15) is 0 Å². The highest BCUT2D eigenvalue weighted by Crippen LogP contribution is 2.24. The third-order valence-electron chi connectivity index (χ3n) is 4.35. The highest BCUT2D eigenvalue weighted by atomic mass is 19.2. The van der Waals surface area contributed by atoms with E-state index >= 15 is 0 Å². The average Bonchev–Trinajstić information content (AvgIpc) is 3.07. The number of guanidine groups is 1. The van der Waals surface area contributed by atoms with Crippen LogP contribution in [0.1, 0.15) is 34.1 Å². The summed E-state index contributed by atoms with van der Waals surface area (Å²) in [4.78, 5) is 18.3. The van der Waals surface area contributed by atoms with E-state index in [9.17, 15) is 13.6 Å². The van der Waals surface area contributed by atoms with Crippen LogP contribution in [0.5, 0.6) is 0 Å². The van der Waals surface area contributed by atoms with Gasteiger partial charge < -0.3 is 20.9 Å². The fraction of sp³-hybridized carbons (Fsp3) is 0.600. The minimum absolute atomic E-state index is 0.0538. The maximum atomic E-state index is 13.5. The summed E-state index contributed by atoms with van der Waals surface area (Å²) in [6, 6.07) is 4.01. The standard InChI is InChI=1S/C20H31F2N5O/c1-5-23-19(25-12-18(28)26-20(2,3)4)24-11-14-8-9-27(13-14)15-6-7-16(21)17(22)10-15/h6-7,10,14H,5,8-9,11-13H2,1-4H3,(H,26,28)(H2,23,24,25). The molecule has 8 heteroatoms. The molecule has 0 aromatic heterocycles. The van der Waals surface area contributed by atoms with Crippen molar-refractivity contribution in [1.29, 1.82) is 0 Å². The van der Waals surface area contributed by atoms with E-state index in [2.05, 4.69) is 25.8 Å². The number of carbonyl (C=O) groups is 1. The van der Waals surface area contributed by atoms with Gasteiger partial charge in [0.05, 0.1) is 0 Å². The van der Waals surface area contributed by atoms with Gasteiger partial charge in [0.15, 0.2) is 17.6 Å². The van der Waals surface area contributed by atoms with Gasteiger partial charge in [-0.1, -0.05) is 0 Å². The van der Waals surface area contributed by atoms with E-state index < -0.39 is 11.6 Å². The Morgan fingerprint density at radius 2 is 2.00 bits per heavy atom. The van der Waals surface area contributed by atoms with Crippen molar-refractivity contribution in [3.8, 4) is 0 Å². The lowest BCUT2D eigenvalue weighted by Gasteiger charge is -2.20. The van der Waals surface area contributed by atoms with Gasteiger partial charge in [-0.15, -0.1) is 0 Å². The molecule has 1 saturated heterocycles. The molecule has 1 fully saturated rings. The second-order valence-electron chi connectivity index (χ2n) is 8.07. The maximum Gasteiger partial charge on any atom is 0.242 e. The van der Waals surface area contributed by atoms with E-state index in [4.69, 9.17) is 0 Å². The van der Waals surface area contributed by atoms with Gasteiger partial charge in [-0.3, -0.25) is 4.79 Å². The van der Waals surface area contributed by atoms with Crippen LogP contribution in [-0.4, -0.2) is 50.1 Å². The van der Waals surface area contributed by atoms with Gasteiger partial charge in [0.25, 0.3) is 0 Å². The van der Waals surface area contributed by atoms with Crippen LogP contribution in [0.3, 0.4) is 0 Å². The number of hydrogen-bond acceptors (Lipinski definition) is 3. The van der Waals surface area contributed by atoms with Crippen molar-refractivity contribution >= 4 is 17.6 Å². The van der Waals surface area contributed by atoms with Crippen LogP contribution in [0.25, 0.3) is 0 Å². The van der Waals surface area contributed by atoms with Crippen LogP contribution >= 0.6 is 0 Å². The first-order chi connectivity index (χ1) is 13.2. The average molecular weight is 395 g/mol. The summed E-state index contributed by atoms with van der Waals surface area (Å²) in [5.74, 6) is -0.842. The largest absolute Gasteiger partial charge is 0.371 e. The fourth-order valence-corrected chi connectivity index (χ4v) is 3.11. The van der Waals surface area contributed by atoms with Gasteiger partial charge in [-0.25, -0.2) is 13.8 Å². The molecule has 0 spiro atoms. The Bertz CT molecular complexity index is 702. The first-order valence-electron chi connectivity index (χ1n) is 9.71. The second kappa shape index (κ2) is 9.71. The lowest BCUT2D eigenvalue weighted by molar-refractivity contribution is -0.121. The minimum atomic E-state index is -0.830. The smallest absolute Gasteiger partial charge is 0.242 e. The Morgan fingerprint density at radius 1 is 1.25 bits per heavy atom. The van der Waals surface area contributed by atoms with Crippen molar-refractivity contribution < 1.29 is 13.6 Å². The molecule has 0 aliphatic carbocycles. The quantitative estimate of drug-likeness (QED) is 0.511. The van der Waals surface area contributed by atoms with E-state index in [1.165, 1.54) is 6.07 Å². The molecule has 0 bridgehead atoms. The van der Waals surface area contributed by atoms with Crippen LogP contribution in [0.15, 0.2) is 23.2 Å². The van der Waals surface area contributed by atoms with Crippen molar-refractivity contribution in [3.63, 3.8) is 0 Å². The number of halogens is 2. The molecule has 1 heterocycles. The number of benzene rings is 1. The Hall–Kier alpha value is -2.38. The molecule has 1 aliphatic heterocycles. The summed E-state index contributed by atoms with van der Waals surface area (Å²) < 4.78 is 26.6. The Labute approximate surface area is 165 Å². The molecular formula is C20H31F2N5O. The summed E-state index contributed by atoms with van der Waals surface area (Å²) in [5, 5.41) is 9.29. The third-order valence-corrected chi connectivity index (χ3v) is 4.35. The number of amides is 1. The summed E-state index contributed by atoms with van der Waals surface area (Å²) >= 11 is 0. The monoisotopic (exact) mass is 395 g/mol. The van der Waals surface area contributed by atoms with Crippen LogP contribution in [-0.2, 0) is 4.79 Å².